The van der Waals surface area contributed by atoms with Crippen molar-refractivity contribution in [3.05, 3.63) is 70.1 Å². The molecule has 0 saturated carbocycles. The smallest absolute Gasteiger partial charge is 0.287 e. The van der Waals surface area contributed by atoms with Gasteiger partial charge >= 0.3 is 0 Å². The molecule has 0 aliphatic carbocycles. The van der Waals surface area contributed by atoms with E-state index >= 15 is 0 Å². The lowest BCUT2D eigenvalue weighted by Gasteiger charge is -2.05. The highest BCUT2D eigenvalue weighted by molar-refractivity contribution is 7.09. The van der Waals surface area contributed by atoms with Crippen molar-refractivity contribution >= 4 is 23.2 Å². The van der Waals surface area contributed by atoms with E-state index in [1.807, 2.05) is 36.6 Å². The van der Waals surface area contributed by atoms with Gasteiger partial charge in [0.1, 0.15) is 17.4 Å². The van der Waals surface area contributed by atoms with E-state index in [9.17, 15) is 9.59 Å². The second kappa shape index (κ2) is 9.70. The zero-order valence-electron chi connectivity index (χ0n) is 15.4. The maximum absolute atomic E-state index is 12.0. The lowest BCUT2D eigenvalue weighted by atomic mass is 10.2. The highest BCUT2D eigenvalue weighted by Crippen LogP contribution is 2.16. The minimum Gasteiger partial charge on any atom is -0.486 e. The number of aryl methyl sites for hydroxylation is 1. The number of ether oxygens (including phenoxy) is 1. The van der Waals surface area contributed by atoms with Crippen molar-refractivity contribution in [2.24, 2.45) is 0 Å². The zero-order chi connectivity index (χ0) is 19.8. The molecule has 2 N–H and O–H groups in total. The van der Waals surface area contributed by atoms with Crippen LogP contribution in [0.5, 0.6) is 5.75 Å². The fraction of sp³-hybridized carbons (Fsp3) is 0.250. The van der Waals surface area contributed by atoms with Gasteiger partial charge in [-0.1, -0.05) is 17.7 Å². The van der Waals surface area contributed by atoms with Gasteiger partial charge in [-0.05, 0) is 31.2 Å². The Morgan fingerprint density at radius 3 is 2.68 bits per heavy atom. The summed E-state index contributed by atoms with van der Waals surface area (Å²) in [6.07, 6.45) is 1.62. The number of thiazole rings is 1. The number of rotatable bonds is 9. The van der Waals surface area contributed by atoms with Crippen LogP contribution < -0.4 is 15.4 Å². The number of carbonyl (C=O) groups is 2. The number of hydrogen-bond donors (Lipinski definition) is 2. The first-order valence-electron chi connectivity index (χ1n) is 8.81. The Hall–Kier alpha value is -3.13. The van der Waals surface area contributed by atoms with Gasteiger partial charge in [-0.2, -0.15) is 0 Å². The van der Waals surface area contributed by atoms with Crippen LogP contribution in [0.2, 0.25) is 0 Å². The average molecular weight is 399 g/mol. The molecule has 2 amide bonds. The fourth-order valence-corrected chi connectivity index (χ4v) is 3.08. The maximum Gasteiger partial charge on any atom is 0.287 e. The van der Waals surface area contributed by atoms with Gasteiger partial charge in [0, 0.05) is 18.5 Å². The van der Waals surface area contributed by atoms with Crippen LogP contribution in [0.15, 0.2) is 52.5 Å². The molecule has 8 heteroatoms. The van der Waals surface area contributed by atoms with Crippen molar-refractivity contribution in [3.63, 3.8) is 0 Å². The number of nitrogens with one attached hydrogen (secondary N) is 2. The molecule has 2 heterocycles. The highest BCUT2D eigenvalue weighted by Gasteiger charge is 2.10. The van der Waals surface area contributed by atoms with Gasteiger partial charge < -0.3 is 19.8 Å². The van der Waals surface area contributed by atoms with Gasteiger partial charge in [-0.25, -0.2) is 4.98 Å². The first-order valence-corrected chi connectivity index (χ1v) is 9.69. The van der Waals surface area contributed by atoms with Crippen molar-refractivity contribution in [2.75, 3.05) is 13.1 Å². The molecule has 0 aliphatic rings. The van der Waals surface area contributed by atoms with E-state index in [2.05, 4.69) is 15.6 Å². The van der Waals surface area contributed by atoms with E-state index in [0.29, 0.717) is 25.4 Å². The Labute approximate surface area is 166 Å². The van der Waals surface area contributed by atoms with Crippen LogP contribution in [0.1, 0.15) is 26.8 Å². The number of carbonyl (C=O) groups excluding carboxylic acids is 2. The maximum atomic E-state index is 12.0. The molecule has 3 rings (SSSR count). The number of benzene rings is 1. The van der Waals surface area contributed by atoms with Crippen molar-refractivity contribution in [1.82, 2.24) is 15.6 Å². The Morgan fingerprint density at radius 2 is 1.93 bits per heavy atom. The summed E-state index contributed by atoms with van der Waals surface area (Å²) < 4.78 is 10.7. The monoisotopic (exact) mass is 399 g/mol. The summed E-state index contributed by atoms with van der Waals surface area (Å²) in [5.41, 5.74) is 1.88. The second-order valence-corrected chi connectivity index (χ2v) is 7.04. The number of amides is 2. The molecule has 2 aromatic heterocycles. The largest absolute Gasteiger partial charge is 0.486 e. The van der Waals surface area contributed by atoms with Crippen molar-refractivity contribution in [3.8, 4) is 5.75 Å². The highest BCUT2D eigenvalue weighted by atomic mass is 32.1. The molecule has 0 atom stereocenters. The number of aromatic nitrogens is 1. The molecular weight excluding hydrogens is 378 g/mol. The summed E-state index contributed by atoms with van der Waals surface area (Å²) in [6, 6.07) is 11.0. The summed E-state index contributed by atoms with van der Waals surface area (Å²) in [7, 11) is 0. The van der Waals surface area contributed by atoms with Crippen LogP contribution in [0, 0.1) is 6.92 Å². The Balaban J connectivity index is 1.35. The molecule has 3 aromatic rings. The molecule has 0 aliphatic heterocycles. The van der Waals surface area contributed by atoms with Crippen LogP contribution in [0.25, 0.3) is 0 Å². The third-order valence-corrected chi connectivity index (χ3v) is 4.67. The second-order valence-electron chi connectivity index (χ2n) is 6.09. The van der Waals surface area contributed by atoms with E-state index in [4.69, 9.17) is 9.15 Å². The summed E-state index contributed by atoms with van der Waals surface area (Å²) in [4.78, 5) is 28.1. The average Bonchev–Trinajstić information content (AvgIpc) is 3.37. The fourth-order valence-electron chi connectivity index (χ4n) is 2.38. The number of nitrogens with zero attached hydrogens (tertiary/aromatic N) is 1. The molecule has 1 aromatic carbocycles. The van der Waals surface area contributed by atoms with Gasteiger partial charge in [0.15, 0.2) is 5.76 Å². The quantitative estimate of drug-likeness (QED) is 0.540. The van der Waals surface area contributed by atoms with Gasteiger partial charge in [0.05, 0.1) is 18.4 Å². The van der Waals surface area contributed by atoms with Gasteiger partial charge in [-0.3, -0.25) is 9.59 Å². The molecule has 0 radical (unpaired) electrons. The van der Waals surface area contributed by atoms with Gasteiger partial charge in [0.25, 0.3) is 5.91 Å². The SMILES string of the molecule is Cc1ccc(OCc2nc(CC(=O)NCCNC(=O)c3ccco3)cs2)cc1. The predicted molar refractivity (Wildman–Crippen MR) is 105 cm³/mol. The molecule has 28 heavy (non-hydrogen) atoms. The van der Waals surface area contributed by atoms with Crippen LogP contribution in [-0.4, -0.2) is 29.9 Å². The van der Waals surface area contributed by atoms with E-state index in [-0.39, 0.29) is 24.0 Å². The van der Waals surface area contributed by atoms with Gasteiger partial charge in [-0.15, -0.1) is 11.3 Å². The molecule has 0 saturated heterocycles. The summed E-state index contributed by atoms with van der Waals surface area (Å²) >= 11 is 1.46. The molecule has 146 valence electrons. The zero-order valence-corrected chi connectivity index (χ0v) is 16.3. The van der Waals surface area contributed by atoms with Crippen LogP contribution in [0.3, 0.4) is 0 Å². The van der Waals surface area contributed by atoms with Crippen molar-refractivity contribution < 1.29 is 18.7 Å². The standard InChI is InChI=1S/C20H21N3O4S/c1-14-4-6-16(7-5-14)27-12-19-23-15(13-28-19)11-18(24)21-8-9-22-20(25)17-3-2-10-26-17/h2-7,10,13H,8-9,11-12H2,1H3,(H,21,24)(H,22,25). The van der Waals surface area contributed by atoms with Crippen LogP contribution >= 0.6 is 11.3 Å². The molecule has 0 unspecified atom stereocenters. The van der Waals surface area contributed by atoms with E-state index in [0.717, 1.165) is 10.8 Å². The normalized spacial score (nSPS) is 10.5. The topological polar surface area (TPSA) is 93.5 Å². The Bertz CT molecular complexity index is 904. The third kappa shape index (κ3) is 5.95. The Morgan fingerprint density at radius 1 is 1.14 bits per heavy atom. The van der Waals surface area contributed by atoms with Crippen LogP contribution in [0.4, 0.5) is 0 Å². The summed E-state index contributed by atoms with van der Waals surface area (Å²) in [5, 5.41) is 8.09. The van der Waals surface area contributed by atoms with Crippen molar-refractivity contribution in [1.29, 1.82) is 0 Å². The molecule has 0 fully saturated rings. The summed E-state index contributed by atoms with van der Waals surface area (Å²) in [5.74, 6) is 0.575. The molecule has 0 bridgehead atoms. The lowest BCUT2D eigenvalue weighted by Crippen LogP contribution is -2.35. The molecule has 0 spiro atoms. The lowest BCUT2D eigenvalue weighted by molar-refractivity contribution is -0.120. The minimum absolute atomic E-state index is 0.149. The third-order valence-electron chi connectivity index (χ3n) is 3.80. The number of hydrogen-bond acceptors (Lipinski definition) is 6. The first-order chi connectivity index (χ1) is 13.6. The number of furan rings is 1. The minimum atomic E-state index is -0.308. The van der Waals surface area contributed by atoms with Crippen LogP contribution in [-0.2, 0) is 17.8 Å². The first kappa shape index (κ1) is 19.6. The van der Waals surface area contributed by atoms with E-state index in [1.54, 1.807) is 12.1 Å². The van der Waals surface area contributed by atoms with E-state index in [1.165, 1.54) is 23.2 Å². The van der Waals surface area contributed by atoms with E-state index < -0.39 is 0 Å². The molecule has 7 nitrogen and oxygen atoms in total. The summed E-state index contributed by atoms with van der Waals surface area (Å²) in [6.45, 7) is 3.04. The molecular formula is C20H21N3O4S. The Kier molecular flexibility index (Phi) is 6.80. The van der Waals surface area contributed by atoms with Gasteiger partial charge in [0.2, 0.25) is 5.91 Å². The van der Waals surface area contributed by atoms with Crippen molar-refractivity contribution in [2.45, 2.75) is 20.0 Å². The predicted octanol–water partition coefficient (Wildman–Crippen LogP) is 2.71.